The number of amides is 1. The van der Waals surface area contributed by atoms with Crippen molar-refractivity contribution in [1.82, 2.24) is 9.62 Å². The maximum absolute atomic E-state index is 12.2. The van der Waals surface area contributed by atoms with E-state index in [9.17, 15) is 4.79 Å². The smallest absolute Gasteiger partial charge is 0.238 e. The third-order valence-corrected chi connectivity index (χ3v) is 4.92. The minimum Gasteiger partial charge on any atom is -0.351 e. The predicted molar refractivity (Wildman–Crippen MR) is 81.1 cm³/mol. The van der Waals surface area contributed by atoms with Crippen LogP contribution in [0.1, 0.15) is 25.8 Å². The number of carbonyl (C=O) groups excluding carboxylic acids is 1. The van der Waals surface area contributed by atoms with Crippen molar-refractivity contribution >= 4 is 29.5 Å². The number of benzene rings is 1. The van der Waals surface area contributed by atoms with Gasteiger partial charge in [0.05, 0.1) is 0 Å². The van der Waals surface area contributed by atoms with E-state index in [4.69, 9.17) is 11.6 Å². The van der Waals surface area contributed by atoms with Gasteiger partial charge in [0.1, 0.15) is 6.04 Å². The third-order valence-electron chi connectivity index (χ3n) is 3.16. The van der Waals surface area contributed by atoms with Crippen molar-refractivity contribution in [3.05, 3.63) is 34.9 Å². The van der Waals surface area contributed by atoms with Gasteiger partial charge >= 0.3 is 0 Å². The lowest BCUT2D eigenvalue weighted by atomic mass is 10.1. The Morgan fingerprint density at radius 1 is 1.53 bits per heavy atom. The molecule has 5 heteroatoms. The number of nitrogens with one attached hydrogen (secondary N) is 1. The van der Waals surface area contributed by atoms with Crippen LogP contribution in [0.3, 0.4) is 0 Å². The minimum absolute atomic E-state index is 0.0208. The highest BCUT2D eigenvalue weighted by Crippen LogP contribution is 2.29. The molecule has 1 saturated heterocycles. The first-order chi connectivity index (χ1) is 9.09. The molecule has 1 fully saturated rings. The second-order valence-corrected chi connectivity index (χ2v) is 6.40. The van der Waals surface area contributed by atoms with Crippen LogP contribution in [0.4, 0.5) is 0 Å². The molecule has 0 saturated carbocycles. The standard InChI is InChI=1S/C14H19ClN2OS/c1-10(2)17-13(7-8-19-17)14(18)16-9-11-5-3-4-6-12(11)15/h3-6,10,13H,7-9H2,1-2H3,(H,16,18). The van der Waals surface area contributed by atoms with E-state index < -0.39 is 0 Å². The molecular formula is C14H19ClN2OS. The molecule has 19 heavy (non-hydrogen) atoms. The van der Waals surface area contributed by atoms with Crippen LogP contribution in [-0.4, -0.2) is 28.0 Å². The zero-order valence-corrected chi connectivity index (χ0v) is 12.8. The first kappa shape index (κ1) is 14.7. The van der Waals surface area contributed by atoms with Crippen LogP contribution in [0.25, 0.3) is 0 Å². The molecule has 1 heterocycles. The molecule has 0 bridgehead atoms. The molecule has 0 aromatic heterocycles. The van der Waals surface area contributed by atoms with Crippen LogP contribution in [0, 0.1) is 0 Å². The van der Waals surface area contributed by atoms with Crippen LogP contribution < -0.4 is 5.32 Å². The van der Waals surface area contributed by atoms with E-state index in [1.54, 1.807) is 11.9 Å². The highest BCUT2D eigenvalue weighted by Gasteiger charge is 2.32. The van der Waals surface area contributed by atoms with E-state index in [1.807, 2.05) is 24.3 Å². The van der Waals surface area contributed by atoms with Crippen molar-refractivity contribution in [2.75, 3.05) is 5.75 Å². The summed E-state index contributed by atoms with van der Waals surface area (Å²) in [6.07, 6.45) is 0.914. The van der Waals surface area contributed by atoms with Crippen LogP contribution in [-0.2, 0) is 11.3 Å². The highest BCUT2D eigenvalue weighted by atomic mass is 35.5. The lowest BCUT2D eigenvalue weighted by Crippen LogP contribution is -2.43. The molecule has 104 valence electrons. The fraction of sp³-hybridized carbons (Fsp3) is 0.500. The van der Waals surface area contributed by atoms with Crippen molar-refractivity contribution < 1.29 is 4.79 Å². The molecule has 1 amide bonds. The molecule has 0 spiro atoms. The first-order valence-corrected chi connectivity index (χ1v) is 7.84. The van der Waals surface area contributed by atoms with E-state index >= 15 is 0 Å². The quantitative estimate of drug-likeness (QED) is 0.867. The molecule has 1 aliphatic heterocycles. The van der Waals surface area contributed by atoms with Crippen molar-refractivity contribution in [3.8, 4) is 0 Å². The van der Waals surface area contributed by atoms with Gasteiger partial charge < -0.3 is 5.32 Å². The molecule has 1 aromatic rings. The number of hydrogen-bond donors (Lipinski definition) is 1. The molecule has 1 unspecified atom stereocenters. The SMILES string of the molecule is CC(C)N1SCCC1C(=O)NCc1ccccc1Cl. The zero-order valence-electron chi connectivity index (χ0n) is 11.2. The predicted octanol–water partition coefficient (Wildman–Crippen LogP) is 3.09. The summed E-state index contributed by atoms with van der Waals surface area (Å²) in [5.74, 6) is 1.11. The van der Waals surface area contributed by atoms with Crippen molar-refractivity contribution in [1.29, 1.82) is 0 Å². The van der Waals surface area contributed by atoms with Gasteiger partial charge in [0.2, 0.25) is 5.91 Å². The summed E-state index contributed by atoms with van der Waals surface area (Å²) in [7, 11) is 0. The van der Waals surface area contributed by atoms with Gasteiger partial charge in [-0.3, -0.25) is 4.79 Å². The van der Waals surface area contributed by atoms with E-state index in [-0.39, 0.29) is 11.9 Å². The molecule has 1 aromatic carbocycles. The molecule has 0 radical (unpaired) electrons. The van der Waals surface area contributed by atoms with Crippen molar-refractivity contribution in [2.24, 2.45) is 0 Å². The Morgan fingerprint density at radius 3 is 2.95 bits per heavy atom. The van der Waals surface area contributed by atoms with Gasteiger partial charge in [-0.25, -0.2) is 4.31 Å². The normalized spacial score (nSPS) is 19.9. The van der Waals surface area contributed by atoms with Gasteiger partial charge in [-0.05, 0) is 31.9 Å². The maximum atomic E-state index is 12.2. The van der Waals surface area contributed by atoms with Crippen molar-refractivity contribution in [3.63, 3.8) is 0 Å². The summed E-state index contributed by atoms with van der Waals surface area (Å²) in [5.41, 5.74) is 0.958. The number of rotatable bonds is 4. The van der Waals surface area contributed by atoms with Gasteiger partial charge in [-0.1, -0.05) is 41.7 Å². The summed E-state index contributed by atoms with van der Waals surface area (Å²) in [6.45, 7) is 4.73. The molecule has 1 atom stereocenters. The average Bonchev–Trinajstić information content (AvgIpc) is 2.87. The van der Waals surface area contributed by atoms with Gasteiger partial charge in [-0.15, -0.1) is 0 Å². The van der Waals surface area contributed by atoms with Gasteiger partial charge in [0, 0.05) is 23.4 Å². The summed E-state index contributed by atoms with van der Waals surface area (Å²) in [5, 5.41) is 3.69. The zero-order chi connectivity index (χ0) is 13.8. The van der Waals surface area contributed by atoms with E-state index in [2.05, 4.69) is 23.5 Å². The Bertz CT molecular complexity index is 453. The fourth-order valence-corrected chi connectivity index (χ4v) is 3.61. The number of nitrogens with zero attached hydrogens (tertiary/aromatic N) is 1. The Labute approximate surface area is 123 Å². The molecule has 3 nitrogen and oxygen atoms in total. The summed E-state index contributed by atoms with van der Waals surface area (Å²) >= 11 is 7.84. The van der Waals surface area contributed by atoms with E-state index in [0.717, 1.165) is 17.7 Å². The van der Waals surface area contributed by atoms with E-state index in [1.165, 1.54) is 0 Å². The molecule has 2 rings (SSSR count). The molecular weight excluding hydrogens is 280 g/mol. The lowest BCUT2D eigenvalue weighted by Gasteiger charge is -2.25. The molecule has 1 N–H and O–H groups in total. The Morgan fingerprint density at radius 2 is 2.26 bits per heavy atom. The summed E-state index contributed by atoms with van der Waals surface area (Å²) in [4.78, 5) is 12.2. The number of hydrogen-bond acceptors (Lipinski definition) is 3. The van der Waals surface area contributed by atoms with Gasteiger partial charge in [0.15, 0.2) is 0 Å². The van der Waals surface area contributed by atoms with Crippen LogP contribution in [0.2, 0.25) is 5.02 Å². The van der Waals surface area contributed by atoms with Crippen LogP contribution in [0.15, 0.2) is 24.3 Å². The first-order valence-electron chi connectivity index (χ1n) is 6.52. The Balaban J connectivity index is 1.93. The van der Waals surface area contributed by atoms with Gasteiger partial charge in [0.25, 0.3) is 0 Å². The monoisotopic (exact) mass is 298 g/mol. The minimum atomic E-state index is -0.0208. The second kappa shape index (κ2) is 6.64. The Hall–Kier alpha value is -0.710. The number of carbonyl (C=O) groups is 1. The second-order valence-electron chi connectivity index (χ2n) is 4.90. The van der Waals surface area contributed by atoms with Crippen molar-refractivity contribution in [2.45, 2.75) is 38.9 Å². The lowest BCUT2D eigenvalue weighted by molar-refractivity contribution is -0.125. The average molecular weight is 299 g/mol. The number of halogens is 1. The topological polar surface area (TPSA) is 32.3 Å². The summed E-state index contributed by atoms with van der Waals surface area (Å²) < 4.78 is 2.18. The maximum Gasteiger partial charge on any atom is 0.238 e. The largest absolute Gasteiger partial charge is 0.351 e. The fourth-order valence-electron chi connectivity index (χ4n) is 2.18. The summed E-state index contributed by atoms with van der Waals surface area (Å²) in [6, 6.07) is 7.96. The Kier molecular flexibility index (Phi) is 5.13. The highest BCUT2D eigenvalue weighted by molar-refractivity contribution is 7.97. The van der Waals surface area contributed by atoms with E-state index in [0.29, 0.717) is 17.6 Å². The van der Waals surface area contributed by atoms with Gasteiger partial charge in [-0.2, -0.15) is 0 Å². The van der Waals surface area contributed by atoms with Crippen LogP contribution >= 0.6 is 23.5 Å². The molecule has 1 aliphatic rings. The van der Waals surface area contributed by atoms with Crippen LogP contribution in [0.5, 0.6) is 0 Å². The third kappa shape index (κ3) is 3.65. The molecule has 0 aliphatic carbocycles.